The fraction of sp³-hybridized carbons (Fsp3) is 0.105. The zero-order chi connectivity index (χ0) is 18.4. The number of aromatic nitrogens is 1. The van der Waals surface area contributed by atoms with E-state index in [2.05, 4.69) is 10.3 Å². The number of ether oxygens (including phenoxy) is 1. The molecule has 2 heterocycles. The predicted molar refractivity (Wildman–Crippen MR) is 99.5 cm³/mol. The Morgan fingerprint density at radius 2 is 2.04 bits per heavy atom. The number of nitrogens with zero attached hydrogens (tertiary/aromatic N) is 1. The average Bonchev–Trinajstić information content (AvgIpc) is 3.32. The highest BCUT2D eigenvalue weighted by atomic mass is 32.1. The van der Waals surface area contributed by atoms with Gasteiger partial charge >= 0.3 is 5.97 Å². The van der Waals surface area contributed by atoms with E-state index in [-0.39, 0.29) is 0 Å². The third kappa shape index (κ3) is 4.67. The van der Waals surface area contributed by atoms with Crippen molar-refractivity contribution in [1.29, 1.82) is 0 Å². The van der Waals surface area contributed by atoms with E-state index in [9.17, 15) is 9.59 Å². The van der Waals surface area contributed by atoms with Crippen LogP contribution in [0.5, 0.6) is 0 Å². The van der Waals surface area contributed by atoms with Crippen molar-refractivity contribution >= 4 is 34.4 Å². The summed E-state index contributed by atoms with van der Waals surface area (Å²) in [5.41, 5.74) is 1.74. The van der Waals surface area contributed by atoms with Crippen LogP contribution in [-0.2, 0) is 14.3 Å². The molecule has 0 unspecified atom stereocenters. The van der Waals surface area contributed by atoms with Crippen molar-refractivity contribution in [3.05, 3.63) is 65.9 Å². The highest BCUT2D eigenvalue weighted by molar-refractivity contribution is 7.14. The summed E-state index contributed by atoms with van der Waals surface area (Å²) in [5, 5.41) is 4.96. The van der Waals surface area contributed by atoms with Gasteiger partial charge in [-0.05, 0) is 25.1 Å². The Balaban J connectivity index is 1.54. The van der Waals surface area contributed by atoms with Gasteiger partial charge in [0.25, 0.3) is 5.91 Å². The first kappa shape index (κ1) is 17.6. The predicted octanol–water partition coefficient (Wildman–Crippen LogP) is 3.99. The molecule has 0 saturated heterocycles. The van der Waals surface area contributed by atoms with E-state index < -0.39 is 18.0 Å². The topological polar surface area (TPSA) is 81.4 Å². The lowest BCUT2D eigenvalue weighted by Gasteiger charge is -2.10. The second-order valence-corrected chi connectivity index (χ2v) is 6.18. The maximum Gasteiger partial charge on any atom is 0.331 e. The molecule has 0 aliphatic heterocycles. The van der Waals surface area contributed by atoms with Gasteiger partial charge in [-0.25, -0.2) is 9.78 Å². The summed E-state index contributed by atoms with van der Waals surface area (Å²) >= 11 is 1.31. The molecule has 26 heavy (non-hydrogen) atoms. The normalized spacial score (nSPS) is 12.0. The van der Waals surface area contributed by atoms with Gasteiger partial charge < -0.3 is 9.15 Å². The van der Waals surface area contributed by atoms with Gasteiger partial charge in [0.2, 0.25) is 0 Å². The van der Waals surface area contributed by atoms with E-state index >= 15 is 0 Å². The van der Waals surface area contributed by atoms with E-state index in [1.807, 2.05) is 35.7 Å². The fourth-order valence-corrected chi connectivity index (χ4v) is 2.81. The molecule has 0 saturated carbocycles. The molecule has 1 aromatic carbocycles. The van der Waals surface area contributed by atoms with Crippen molar-refractivity contribution in [2.24, 2.45) is 0 Å². The number of anilines is 1. The van der Waals surface area contributed by atoms with Gasteiger partial charge in [-0.1, -0.05) is 30.3 Å². The maximum absolute atomic E-state index is 12.2. The Morgan fingerprint density at radius 3 is 2.77 bits per heavy atom. The highest BCUT2D eigenvalue weighted by Gasteiger charge is 2.18. The molecule has 1 N–H and O–H groups in total. The Labute approximate surface area is 154 Å². The van der Waals surface area contributed by atoms with Crippen LogP contribution in [0.4, 0.5) is 5.13 Å². The summed E-state index contributed by atoms with van der Waals surface area (Å²) in [6.07, 6.45) is 3.23. The molecule has 1 atom stereocenters. The largest absolute Gasteiger partial charge is 0.465 e. The van der Waals surface area contributed by atoms with E-state index in [1.54, 1.807) is 12.1 Å². The van der Waals surface area contributed by atoms with E-state index in [4.69, 9.17) is 9.15 Å². The molecule has 2 aromatic heterocycles. The summed E-state index contributed by atoms with van der Waals surface area (Å²) in [4.78, 5) is 28.3. The van der Waals surface area contributed by atoms with Crippen LogP contribution in [0.25, 0.3) is 17.3 Å². The number of benzene rings is 1. The van der Waals surface area contributed by atoms with Crippen LogP contribution < -0.4 is 5.32 Å². The summed E-state index contributed by atoms with van der Waals surface area (Å²) in [5.74, 6) is -0.554. The second kappa shape index (κ2) is 8.26. The molecule has 0 fully saturated rings. The molecule has 0 spiro atoms. The van der Waals surface area contributed by atoms with Gasteiger partial charge in [0.15, 0.2) is 11.2 Å². The lowest BCUT2D eigenvalue weighted by atomic mass is 10.2. The smallest absolute Gasteiger partial charge is 0.331 e. The zero-order valence-electron chi connectivity index (χ0n) is 13.9. The minimum Gasteiger partial charge on any atom is -0.465 e. The fourth-order valence-electron chi connectivity index (χ4n) is 2.08. The Hall–Kier alpha value is -3.19. The number of rotatable bonds is 6. The molecular formula is C19H16N2O4S. The number of carbonyl (C=O) groups excluding carboxylic acids is 2. The standard InChI is InChI=1S/C19H16N2O4S/c1-13(25-17(22)10-9-15-8-5-11-24-15)18(23)21-19-20-16(12-26-19)14-6-3-2-4-7-14/h2-13H,1H3,(H,20,21,23)/t13-/m1/s1. The summed E-state index contributed by atoms with van der Waals surface area (Å²) in [6.45, 7) is 1.50. The molecule has 3 aromatic rings. The molecule has 0 aliphatic carbocycles. The number of esters is 1. The van der Waals surface area contributed by atoms with Gasteiger partial charge in [0.05, 0.1) is 12.0 Å². The third-order valence-corrected chi connectivity index (χ3v) is 4.15. The molecule has 1 amide bonds. The molecule has 132 valence electrons. The monoisotopic (exact) mass is 368 g/mol. The van der Waals surface area contributed by atoms with Crippen LogP contribution in [0.15, 0.2) is 64.6 Å². The second-order valence-electron chi connectivity index (χ2n) is 5.32. The number of nitrogens with one attached hydrogen (secondary N) is 1. The van der Waals surface area contributed by atoms with Gasteiger partial charge in [-0.15, -0.1) is 11.3 Å². The SMILES string of the molecule is C[C@@H](OC(=O)C=Cc1ccco1)C(=O)Nc1nc(-c2ccccc2)cs1. The van der Waals surface area contributed by atoms with Crippen LogP contribution in [0.1, 0.15) is 12.7 Å². The number of amides is 1. The third-order valence-electron chi connectivity index (χ3n) is 3.39. The Kier molecular flexibility index (Phi) is 5.60. The van der Waals surface area contributed by atoms with Crippen molar-refractivity contribution in [3.8, 4) is 11.3 Å². The maximum atomic E-state index is 12.2. The van der Waals surface area contributed by atoms with E-state index in [1.165, 1.54) is 36.7 Å². The van der Waals surface area contributed by atoms with Crippen molar-refractivity contribution in [3.63, 3.8) is 0 Å². The molecule has 7 heteroatoms. The van der Waals surface area contributed by atoms with Crippen LogP contribution >= 0.6 is 11.3 Å². The van der Waals surface area contributed by atoms with Gasteiger partial charge in [-0.3, -0.25) is 10.1 Å². The lowest BCUT2D eigenvalue weighted by Crippen LogP contribution is -2.29. The van der Waals surface area contributed by atoms with Crippen molar-refractivity contribution < 1.29 is 18.7 Å². The lowest BCUT2D eigenvalue weighted by molar-refractivity contribution is -0.148. The van der Waals surface area contributed by atoms with E-state index in [0.717, 1.165) is 11.3 Å². The number of carbonyl (C=O) groups is 2. The molecular weight excluding hydrogens is 352 g/mol. The molecule has 6 nitrogen and oxygen atoms in total. The first-order chi connectivity index (χ1) is 12.6. The van der Waals surface area contributed by atoms with Crippen molar-refractivity contribution in [2.75, 3.05) is 5.32 Å². The summed E-state index contributed by atoms with van der Waals surface area (Å²) in [6, 6.07) is 13.1. The number of furan rings is 1. The molecule has 3 rings (SSSR count). The van der Waals surface area contributed by atoms with E-state index in [0.29, 0.717) is 10.9 Å². The molecule has 0 radical (unpaired) electrons. The first-order valence-electron chi connectivity index (χ1n) is 7.86. The van der Waals surface area contributed by atoms with Crippen LogP contribution in [-0.4, -0.2) is 23.0 Å². The van der Waals surface area contributed by atoms with Crippen molar-refractivity contribution in [2.45, 2.75) is 13.0 Å². The number of hydrogen-bond donors (Lipinski definition) is 1. The van der Waals surface area contributed by atoms with Gasteiger partial charge in [0, 0.05) is 17.0 Å². The minimum absolute atomic E-state index is 0.446. The minimum atomic E-state index is -0.951. The van der Waals surface area contributed by atoms with Crippen LogP contribution in [0, 0.1) is 0 Å². The average molecular weight is 368 g/mol. The van der Waals surface area contributed by atoms with Crippen molar-refractivity contribution in [1.82, 2.24) is 4.98 Å². The zero-order valence-corrected chi connectivity index (χ0v) is 14.7. The van der Waals surface area contributed by atoms with Crippen LogP contribution in [0.3, 0.4) is 0 Å². The van der Waals surface area contributed by atoms with Gasteiger partial charge in [-0.2, -0.15) is 0 Å². The summed E-state index contributed by atoms with van der Waals surface area (Å²) < 4.78 is 10.1. The first-order valence-corrected chi connectivity index (χ1v) is 8.74. The molecule has 0 bridgehead atoms. The van der Waals surface area contributed by atoms with Gasteiger partial charge in [0.1, 0.15) is 5.76 Å². The Bertz CT molecular complexity index is 901. The number of thiazole rings is 1. The highest BCUT2D eigenvalue weighted by Crippen LogP contribution is 2.24. The molecule has 0 aliphatic rings. The summed E-state index contributed by atoms with van der Waals surface area (Å²) in [7, 11) is 0. The quantitative estimate of drug-likeness (QED) is 0.526. The van der Waals surface area contributed by atoms with Crippen LogP contribution in [0.2, 0.25) is 0 Å². The number of hydrogen-bond acceptors (Lipinski definition) is 6. The Morgan fingerprint density at radius 1 is 1.23 bits per heavy atom.